The largest absolute Gasteiger partial charge is 0.508 e. The maximum Gasteiger partial charge on any atom is 0.397 e. The Bertz CT molecular complexity index is 1460. The number of carboxylic acids is 1. The first-order chi connectivity index (χ1) is 16.8. The van der Waals surface area contributed by atoms with Crippen molar-refractivity contribution >= 4 is 27.3 Å². The first-order valence-corrected chi connectivity index (χ1v) is 11.4. The number of ether oxygens (including phenoxy) is 2. The fraction of sp³-hybridized carbons (Fsp3) is 0.238. The molecular weight excluding hydrogens is 508 g/mol. The summed E-state index contributed by atoms with van der Waals surface area (Å²) in [7, 11) is -5.24. The lowest BCUT2D eigenvalue weighted by Crippen LogP contribution is -2.62. The highest BCUT2D eigenvalue weighted by Crippen LogP contribution is 2.34. The first-order valence-electron chi connectivity index (χ1n) is 10.0. The minimum Gasteiger partial charge on any atom is -0.508 e. The van der Waals surface area contributed by atoms with E-state index in [0.717, 1.165) is 18.2 Å². The average Bonchev–Trinajstić information content (AvgIpc) is 2.77. The lowest BCUT2D eigenvalue weighted by molar-refractivity contribution is -0.265. The molecule has 2 heterocycles. The highest BCUT2D eigenvalue weighted by Gasteiger charge is 2.51. The number of hydrogen-bond acceptors (Lipinski definition) is 12. The SMILES string of the molecule is O=C(O)C1OC(Oc2cc(O)c3c(=O)cc(-c4ccc(O)cc4)oc3c2)C(OS(=O)(=O)O)C(O)C1O. The van der Waals surface area contributed by atoms with Gasteiger partial charge < -0.3 is 39.4 Å². The van der Waals surface area contributed by atoms with Crippen LogP contribution >= 0.6 is 0 Å². The van der Waals surface area contributed by atoms with Gasteiger partial charge in [0.1, 0.15) is 46.2 Å². The molecule has 0 aliphatic carbocycles. The molecule has 5 unspecified atom stereocenters. The van der Waals surface area contributed by atoms with Gasteiger partial charge in [-0.1, -0.05) is 0 Å². The maximum atomic E-state index is 12.6. The van der Waals surface area contributed by atoms with Gasteiger partial charge in [-0.15, -0.1) is 0 Å². The summed E-state index contributed by atoms with van der Waals surface area (Å²) in [6, 6.07) is 8.72. The van der Waals surface area contributed by atoms with Gasteiger partial charge in [-0.05, 0) is 24.3 Å². The summed E-state index contributed by atoms with van der Waals surface area (Å²) in [5, 5.41) is 49.0. The third kappa shape index (κ3) is 5.11. The second-order valence-electron chi connectivity index (χ2n) is 7.69. The molecule has 192 valence electrons. The van der Waals surface area contributed by atoms with Crippen LogP contribution in [0.3, 0.4) is 0 Å². The standard InChI is InChI=1S/C21H18O14S/c22-9-3-1-8(2-4-9)13-7-12(24)15-11(23)5-10(6-14(15)33-13)32-21-19(35-36(29,30)31)17(26)16(25)18(34-21)20(27)28/h1-7,16-19,21-23,25-26H,(H,27,28)(H,29,30,31). The number of aliphatic carboxylic acids is 1. The highest BCUT2D eigenvalue weighted by molar-refractivity contribution is 7.80. The smallest absolute Gasteiger partial charge is 0.397 e. The van der Waals surface area contributed by atoms with E-state index in [-0.39, 0.29) is 28.2 Å². The van der Waals surface area contributed by atoms with E-state index in [9.17, 15) is 43.5 Å². The Morgan fingerprint density at radius 3 is 2.28 bits per heavy atom. The normalized spacial score (nSPS) is 24.5. The van der Waals surface area contributed by atoms with Gasteiger partial charge in [-0.25, -0.2) is 8.98 Å². The molecule has 0 radical (unpaired) electrons. The molecule has 2 aromatic carbocycles. The van der Waals surface area contributed by atoms with Crippen molar-refractivity contribution in [3.63, 3.8) is 0 Å². The molecule has 15 heteroatoms. The Labute approximate surface area is 201 Å². The van der Waals surface area contributed by atoms with E-state index >= 15 is 0 Å². The molecule has 1 saturated heterocycles. The number of hydrogen-bond donors (Lipinski definition) is 6. The van der Waals surface area contributed by atoms with Crippen LogP contribution in [0.25, 0.3) is 22.3 Å². The van der Waals surface area contributed by atoms with Crippen LogP contribution in [-0.4, -0.2) is 75.2 Å². The van der Waals surface area contributed by atoms with Gasteiger partial charge in [0, 0.05) is 23.8 Å². The predicted molar refractivity (Wildman–Crippen MR) is 117 cm³/mol. The summed E-state index contributed by atoms with van der Waals surface area (Å²) < 4.78 is 51.9. The molecule has 6 N–H and O–H groups in total. The summed E-state index contributed by atoms with van der Waals surface area (Å²) >= 11 is 0. The minimum atomic E-state index is -5.24. The van der Waals surface area contributed by atoms with E-state index < -0.39 is 58.3 Å². The van der Waals surface area contributed by atoms with E-state index in [2.05, 4.69) is 4.18 Å². The molecule has 3 aromatic rings. The molecular formula is C21H18O14S. The van der Waals surface area contributed by atoms with Crippen LogP contribution in [0.2, 0.25) is 0 Å². The number of fused-ring (bicyclic) bond motifs is 1. The fourth-order valence-corrected chi connectivity index (χ4v) is 4.08. The van der Waals surface area contributed by atoms with E-state index in [1.54, 1.807) is 0 Å². The Morgan fingerprint density at radius 1 is 1.00 bits per heavy atom. The number of carbonyl (C=O) groups is 1. The Balaban J connectivity index is 1.75. The molecule has 5 atom stereocenters. The number of aliphatic hydroxyl groups is 2. The summed E-state index contributed by atoms with van der Waals surface area (Å²) in [6.07, 6.45) is -10.6. The number of phenols is 2. The number of aromatic hydroxyl groups is 2. The van der Waals surface area contributed by atoms with Crippen LogP contribution in [-0.2, 0) is 24.1 Å². The Kier molecular flexibility index (Phi) is 6.61. The number of benzene rings is 2. The Morgan fingerprint density at radius 2 is 1.67 bits per heavy atom. The van der Waals surface area contributed by atoms with Gasteiger partial charge in [0.15, 0.2) is 17.6 Å². The zero-order chi connectivity index (χ0) is 26.4. The average molecular weight is 526 g/mol. The summed E-state index contributed by atoms with van der Waals surface area (Å²) in [5.74, 6) is -2.70. The number of rotatable bonds is 6. The predicted octanol–water partition coefficient (Wildman–Crippen LogP) is -0.0307. The molecule has 0 saturated carbocycles. The fourth-order valence-electron chi connectivity index (χ4n) is 3.59. The summed E-state index contributed by atoms with van der Waals surface area (Å²) in [5.41, 5.74) is -0.454. The first kappa shape index (κ1) is 25.4. The van der Waals surface area contributed by atoms with Crippen molar-refractivity contribution in [2.45, 2.75) is 30.7 Å². The van der Waals surface area contributed by atoms with Crippen LogP contribution in [0.4, 0.5) is 0 Å². The molecule has 1 aliphatic rings. The minimum absolute atomic E-state index is 0.0312. The monoisotopic (exact) mass is 526 g/mol. The van der Waals surface area contributed by atoms with Crippen molar-refractivity contribution in [1.82, 2.24) is 0 Å². The topological polar surface area (TPSA) is 230 Å². The third-order valence-corrected chi connectivity index (χ3v) is 5.67. The summed E-state index contributed by atoms with van der Waals surface area (Å²) in [6.45, 7) is 0. The van der Waals surface area contributed by atoms with Crippen LogP contribution in [0.15, 0.2) is 51.7 Å². The van der Waals surface area contributed by atoms with Gasteiger partial charge in [0.2, 0.25) is 6.29 Å². The zero-order valence-corrected chi connectivity index (χ0v) is 18.6. The molecule has 1 aromatic heterocycles. The summed E-state index contributed by atoms with van der Waals surface area (Å²) in [4.78, 5) is 24.0. The van der Waals surface area contributed by atoms with E-state index in [0.29, 0.717) is 5.56 Å². The van der Waals surface area contributed by atoms with Gasteiger partial charge in [0.25, 0.3) is 0 Å². The van der Waals surface area contributed by atoms with Crippen LogP contribution in [0.1, 0.15) is 0 Å². The van der Waals surface area contributed by atoms with Crippen molar-refractivity contribution < 1.29 is 61.4 Å². The number of aliphatic hydroxyl groups excluding tert-OH is 2. The van der Waals surface area contributed by atoms with E-state index in [1.165, 1.54) is 24.3 Å². The second kappa shape index (κ2) is 9.38. The highest BCUT2D eigenvalue weighted by atomic mass is 32.3. The van der Waals surface area contributed by atoms with E-state index in [4.69, 9.17) is 18.4 Å². The van der Waals surface area contributed by atoms with Crippen molar-refractivity contribution in [3.8, 4) is 28.6 Å². The molecule has 4 rings (SSSR count). The quantitative estimate of drug-likeness (QED) is 0.232. The lowest BCUT2D eigenvalue weighted by Gasteiger charge is -2.39. The molecule has 36 heavy (non-hydrogen) atoms. The van der Waals surface area contributed by atoms with Crippen LogP contribution in [0.5, 0.6) is 17.2 Å². The van der Waals surface area contributed by atoms with Crippen molar-refractivity contribution in [1.29, 1.82) is 0 Å². The molecule has 1 aliphatic heterocycles. The molecule has 0 bridgehead atoms. The van der Waals surface area contributed by atoms with E-state index in [1.807, 2.05) is 0 Å². The molecule has 0 amide bonds. The van der Waals surface area contributed by atoms with Crippen molar-refractivity contribution in [2.75, 3.05) is 0 Å². The number of carboxylic acid groups (broad SMARTS) is 1. The molecule has 0 spiro atoms. The van der Waals surface area contributed by atoms with Gasteiger partial charge in [-0.3, -0.25) is 9.35 Å². The van der Waals surface area contributed by atoms with Crippen LogP contribution < -0.4 is 10.2 Å². The molecule has 1 fully saturated rings. The van der Waals surface area contributed by atoms with Crippen molar-refractivity contribution in [2.24, 2.45) is 0 Å². The number of phenolic OH excluding ortho intramolecular Hbond substituents is 2. The third-order valence-electron chi connectivity index (χ3n) is 5.21. The maximum absolute atomic E-state index is 12.6. The second-order valence-corrected chi connectivity index (χ2v) is 8.74. The molecule has 14 nitrogen and oxygen atoms in total. The van der Waals surface area contributed by atoms with Gasteiger partial charge >= 0.3 is 16.4 Å². The van der Waals surface area contributed by atoms with Crippen molar-refractivity contribution in [3.05, 3.63) is 52.7 Å². The van der Waals surface area contributed by atoms with Gasteiger partial charge in [0.05, 0.1) is 0 Å². The van der Waals surface area contributed by atoms with Crippen LogP contribution in [0, 0.1) is 0 Å². The lowest BCUT2D eigenvalue weighted by atomic mass is 9.99. The van der Waals surface area contributed by atoms with Gasteiger partial charge in [-0.2, -0.15) is 8.42 Å². The zero-order valence-electron chi connectivity index (χ0n) is 17.8. The Hall–Kier alpha value is -3.73.